The largest absolute Gasteiger partial charge is 0.311 e. The van der Waals surface area contributed by atoms with E-state index in [0.29, 0.717) is 33.8 Å². The van der Waals surface area contributed by atoms with Crippen LogP contribution in [0.15, 0.2) is 59.5 Å². The van der Waals surface area contributed by atoms with Crippen LogP contribution in [0.5, 0.6) is 0 Å². The third kappa shape index (κ3) is 5.95. The fourth-order valence-corrected chi connectivity index (χ4v) is 4.61. The van der Waals surface area contributed by atoms with E-state index in [4.69, 9.17) is 29.1 Å². The van der Waals surface area contributed by atoms with Gasteiger partial charge in [-0.3, -0.25) is 14.5 Å². The van der Waals surface area contributed by atoms with Crippen LogP contribution in [0.3, 0.4) is 0 Å². The SMILES string of the molecule is N#CCCN(C(=O)CCCN1C(=O)C(=Cc2ccccc2Cl)SC1=S)c1ccccc1. The van der Waals surface area contributed by atoms with Crippen LogP contribution in [-0.4, -0.2) is 34.1 Å². The van der Waals surface area contributed by atoms with E-state index in [2.05, 4.69) is 6.07 Å². The molecule has 8 heteroatoms. The molecule has 2 aromatic carbocycles. The fraction of sp³-hybridized carbons (Fsp3) is 0.217. The Morgan fingerprint density at radius 2 is 1.90 bits per heavy atom. The summed E-state index contributed by atoms with van der Waals surface area (Å²) in [4.78, 5) is 29.2. The minimum atomic E-state index is -0.174. The zero-order valence-electron chi connectivity index (χ0n) is 16.7. The number of thioether (sulfide) groups is 1. The van der Waals surface area contributed by atoms with Crippen molar-refractivity contribution in [3.8, 4) is 6.07 Å². The highest BCUT2D eigenvalue weighted by Gasteiger charge is 2.32. The first-order valence-electron chi connectivity index (χ1n) is 9.73. The van der Waals surface area contributed by atoms with E-state index in [1.54, 1.807) is 17.0 Å². The highest BCUT2D eigenvalue weighted by Crippen LogP contribution is 2.34. The van der Waals surface area contributed by atoms with Crippen LogP contribution in [-0.2, 0) is 9.59 Å². The Kier molecular flexibility index (Phi) is 8.24. The molecule has 1 heterocycles. The summed E-state index contributed by atoms with van der Waals surface area (Å²) in [6.45, 7) is 0.693. The van der Waals surface area contributed by atoms with Crippen LogP contribution < -0.4 is 4.90 Å². The first-order valence-corrected chi connectivity index (χ1v) is 11.3. The lowest BCUT2D eigenvalue weighted by Crippen LogP contribution is -2.33. The van der Waals surface area contributed by atoms with E-state index in [-0.39, 0.29) is 24.7 Å². The van der Waals surface area contributed by atoms with Crippen LogP contribution in [0, 0.1) is 11.3 Å². The molecular weight excluding hydrogens is 450 g/mol. The topological polar surface area (TPSA) is 64.4 Å². The third-order valence-corrected chi connectivity index (χ3v) is 6.38. The molecule has 3 rings (SSSR count). The fourth-order valence-electron chi connectivity index (χ4n) is 3.12. The number of hydrogen-bond donors (Lipinski definition) is 0. The molecule has 0 bridgehead atoms. The van der Waals surface area contributed by atoms with Crippen molar-refractivity contribution in [3.05, 3.63) is 70.1 Å². The Labute approximate surface area is 196 Å². The van der Waals surface area contributed by atoms with Crippen molar-refractivity contribution in [3.63, 3.8) is 0 Å². The molecule has 5 nitrogen and oxygen atoms in total. The van der Waals surface area contributed by atoms with Crippen molar-refractivity contribution in [2.45, 2.75) is 19.3 Å². The van der Waals surface area contributed by atoms with Gasteiger partial charge in [0.15, 0.2) is 0 Å². The van der Waals surface area contributed by atoms with E-state index < -0.39 is 0 Å². The second kappa shape index (κ2) is 11.1. The lowest BCUT2D eigenvalue weighted by atomic mass is 10.2. The summed E-state index contributed by atoms with van der Waals surface area (Å²) in [6, 6.07) is 18.7. The summed E-state index contributed by atoms with van der Waals surface area (Å²) < 4.78 is 0.472. The maximum atomic E-state index is 12.8. The lowest BCUT2D eigenvalue weighted by molar-refractivity contribution is -0.123. The maximum absolute atomic E-state index is 12.8. The van der Waals surface area contributed by atoms with Gasteiger partial charge in [-0.05, 0) is 36.3 Å². The summed E-state index contributed by atoms with van der Waals surface area (Å²) in [5.74, 6) is -0.259. The number of nitriles is 1. The van der Waals surface area contributed by atoms with Crippen LogP contribution in [0.25, 0.3) is 6.08 Å². The van der Waals surface area contributed by atoms with Crippen LogP contribution in [0.2, 0.25) is 5.02 Å². The van der Waals surface area contributed by atoms with Crippen molar-refractivity contribution in [2.75, 3.05) is 18.0 Å². The van der Waals surface area contributed by atoms with Crippen molar-refractivity contribution in [1.29, 1.82) is 5.26 Å². The molecule has 31 heavy (non-hydrogen) atoms. The highest BCUT2D eigenvalue weighted by molar-refractivity contribution is 8.26. The number of carbonyl (C=O) groups excluding carboxylic acids is 2. The van der Waals surface area contributed by atoms with Crippen molar-refractivity contribution in [2.24, 2.45) is 0 Å². The van der Waals surface area contributed by atoms with Crippen molar-refractivity contribution >= 4 is 63.5 Å². The highest BCUT2D eigenvalue weighted by atomic mass is 35.5. The Bertz CT molecular complexity index is 1050. The number of rotatable bonds is 8. The number of thiocarbonyl (C=S) groups is 1. The van der Waals surface area contributed by atoms with E-state index in [0.717, 1.165) is 11.3 Å². The minimum absolute atomic E-state index is 0.0847. The molecule has 0 N–H and O–H groups in total. The molecule has 0 aromatic heterocycles. The van der Waals surface area contributed by atoms with Gasteiger partial charge in [-0.15, -0.1) is 0 Å². The van der Waals surface area contributed by atoms with Gasteiger partial charge in [-0.1, -0.05) is 72.0 Å². The zero-order chi connectivity index (χ0) is 22.2. The zero-order valence-corrected chi connectivity index (χ0v) is 19.1. The van der Waals surface area contributed by atoms with Crippen LogP contribution in [0.4, 0.5) is 5.69 Å². The molecule has 0 radical (unpaired) electrons. The summed E-state index contributed by atoms with van der Waals surface area (Å²) in [5, 5.41) is 9.47. The van der Waals surface area contributed by atoms with Gasteiger partial charge in [-0.25, -0.2) is 0 Å². The Morgan fingerprint density at radius 1 is 1.19 bits per heavy atom. The molecule has 2 amide bonds. The number of hydrogen-bond acceptors (Lipinski definition) is 5. The molecule has 0 spiro atoms. The molecule has 0 unspecified atom stereocenters. The molecular formula is C23H20ClN3O2S2. The number of nitrogens with zero attached hydrogens (tertiary/aromatic N) is 3. The monoisotopic (exact) mass is 469 g/mol. The molecule has 158 valence electrons. The average Bonchev–Trinajstić information content (AvgIpc) is 3.03. The molecule has 2 aromatic rings. The van der Waals surface area contributed by atoms with E-state index in [1.807, 2.05) is 48.5 Å². The van der Waals surface area contributed by atoms with Gasteiger partial charge >= 0.3 is 0 Å². The van der Waals surface area contributed by atoms with Crippen LogP contribution in [0.1, 0.15) is 24.8 Å². The molecule has 0 aliphatic carbocycles. The number of anilines is 1. The molecule has 0 atom stereocenters. The number of carbonyl (C=O) groups is 2. The van der Waals surface area contributed by atoms with Gasteiger partial charge in [-0.2, -0.15) is 5.26 Å². The van der Waals surface area contributed by atoms with E-state index in [9.17, 15) is 9.59 Å². The molecule has 1 aliphatic rings. The van der Waals surface area contributed by atoms with Gasteiger partial charge < -0.3 is 4.90 Å². The first-order chi connectivity index (χ1) is 15.0. The molecule has 1 saturated heterocycles. The smallest absolute Gasteiger partial charge is 0.266 e. The third-order valence-electron chi connectivity index (χ3n) is 4.65. The summed E-state index contributed by atoms with van der Waals surface area (Å²) in [7, 11) is 0. The average molecular weight is 470 g/mol. The van der Waals surface area contributed by atoms with Gasteiger partial charge in [0.2, 0.25) is 5.91 Å². The Balaban J connectivity index is 1.61. The van der Waals surface area contributed by atoms with Gasteiger partial charge in [0.05, 0.1) is 17.4 Å². The number of benzene rings is 2. The van der Waals surface area contributed by atoms with E-state index >= 15 is 0 Å². The summed E-state index contributed by atoms with van der Waals surface area (Å²) in [6.07, 6.45) is 2.72. The Hall–Kier alpha value is -2.66. The van der Waals surface area contributed by atoms with Crippen molar-refractivity contribution < 1.29 is 9.59 Å². The predicted molar refractivity (Wildman–Crippen MR) is 130 cm³/mol. The summed E-state index contributed by atoms with van der Waals surface area (Å²) >= 11 is 12.8. The second-order valence-corrected chi connectivity index (χ2v) is 8.83. The van der Waals surface area contributed by atoms with E-state index in [1.165, 1.54) is 16.7 Å². The Morgan fingerprint density at radius 3 is 2.61 bits per heavy atom. The number of halogens is 1. The molecule has 1 fully saturated rings. The lowest BCUT2D eigenvalue weighted by Gasteiger charge is -2.22. The second-order valence-electron chi connectivity index (χ2n) is 6.75. The number of para-hydroxylation sites is 1. The summed E-state index contributed by atoms with van der Waals surface area (Å²) in [5.41, 5.74) is 1.52. The molecule has 1 aliphatic heterocycles. The standard InChI is InChI=1S/C23H20ClN3O2S2/c24-19-11-5-4-8-17(19)16-20-22(29)27(23(30)31-20)14-6-12-21(28)26(15-7-13-25)18-9-2-1-3-10-18/h1-5,8-11,16H,6-7,12,14-15H2. The van der Waals surface area contributed by atoms with Gasteiger partial charge in [0, 0.05) is 30.2 Å². The number of amides is 2. The first kappa shape index (κ1) is 23.0. The van der Waals surface area contributed by atoms with Gasteiger partial charge in [0.25, 0.3) is 5.91 Å². The van der Waals surface area contributed by atoms with Crippen LogP contribution >= 0.6 is 35.6 Å². The molecule has 0 saturated carbocycles. The maximum Gasteiger partial charge on any atom is 0.266 e. The normalized spacial score (nSPS) is 14.7. The minimum Gasteiger partial charge on any atom is -0.311 e. The van der Waals surface area contributed by atoms with Crippen molar-refractivity contribution in [1.82, 2.24) is 4.90 Å². The van der Waals surface area contributed by atoms with Gasteiger partial charge in [0.1, 0.15) is 4.32 Å². The quantitative estimate of drug-likeness (QED) is 0.389. The predicted octanol–water partition coefficient (Wildman–Crippen LogP) is 5.27.